The molecule has 0 unspecified atom stereocenters. The number of benzene rings is 2. The predicted molar refractivity (Wildman–Crippen MR) is 94.1 cm³/mol. The Bertz CT molecular complexity index is 952. The maximum Gasteiger partial charge on any atom is 0.368 e. The second-order valence-corrected chi connectivity index (χ2v) is 6.52. The summed E-state index contributed by atoms with van der Waals surface area (Å²) in [5.41, 5.74) is 3.92. The van der Waals surface area contributed by atoms with Gasteiger partial charge >= 0.3 is 5.69 Å². The monoisotopic (exact) mass is 336 g/mol. The molecule has 0 saturated heterocycles. The molecule has 6 heteroatoms. The van der Waals surface area contributed by atoms with Crippen molar-refractivity contribution < 1.29 is 4.74 Å². The van der Waals surface area contributed by atoms with Gasteiger partial charge in [-0.2, -0.15) is 9.36 Å². The number of aryl methyl sites for hydroxylation is 2. The molecule has 0 radical (unpaired) electrons. The molecule has 1 aliphatic rings. The van der Waals surface area contributed by atoms with Crippen molar-refractivity contribution in [2.75, 3.05) is 0 Å². The van der Waals surface area contributed by atoms with Gasteiger partial charge in [0.2, 0.25) is 0 Å². The molecular weight excluding hydrogens is 316 g/mol. The van der Waals surface area contributed by atoms with E-state index in [-0.39, 0.29) is 5.69 Å². The normalized spacial score (nSPS) is 13.8. The van der Waals surface area contributed by atoms with Gasteiger partial charge in [0.1, 0.15) is 12.4 Å². The van der Waals surface area contributed by atoms with E-state index in [4.69, 9.17) is 4.74 Å². The van der Waals surface area contributed by atoms with Crippen molar-refractivity contribution in [2.45, 2.75) is 32.3 Å². The number of aromatic nitrogens is 4. The second-order valence-electron chi connectivity index (χ2n) is 6.52. The first-order chi connectivity index (χ1) is 12.1. The fourth-order valence-electron chi connectivity index (χ4n) is 2.98. The van der Waals surface area contributed by atoms with Gasteiger partial charge in [-0.25, -0.2) is 4.79 Å². The lowest BCUT2D eigenvalue weighted by Gasteiger charge is -2.15. The van der Waals surface area contributed by atoms with Crippen LogP contribution in [0.25, 0.3) is 5.69 Å². The van der Waals surface area contributed by atoms with Crippen LogP contribution >= 0.6 is 0 Å². The van der Waals surface area contributed by atoms with Crippen LogP contribution in [0.3, 0.4) is 0 Å². The molecule has 128 valence electrons. The standard InChI is InChI=1S/C19H20N4O2/c1-13-6-10-15(11-7-13)25-12-17-16(14-8-9-14)4-3-5-18(17)23-19(24)22(2)20-21-23/h3-7,10-11,14H,8-9,12H2,1-2H3. The summed E-state index contributed by atoms with van der Waals surface area (Å²) in [5.74, 6) is 1.36. The molecule has 0 atom stereocenters. The number of rotatable bonds is 5. The Labute approximate surface area is 145 Å². The molecule has 4 rings (SSSR count). The van der Waals surface area contributed by atoms with Crippen LogP contribution in [0.15, 0.2) is 47.3 Å². The Morgan fingerprint density at radius 3 is 2.52 bits per heavy atom. The van der Waals surface area contributed by atoms with Crippen molar-refractivity contribution in [1.82, 2.24) is 19.8 Å². The molecule has 1 aromatic heterocycles. The minimum Gasteiger partial charge on any atom is -0.489 e. The first-order valence-electron chi connectivity index (χ1n) is 8.44. The quantitative estimate of drug-likeness (QED) is 0.719. The van der Waals surface area contributed by atoms with Crippen LogP contribution in [-0.4, -0.2) is 19.8 Å². The van der Waals surface area contributed by atoms with E-state index in [1.54, 1.807) is 7.05 Å². The van der Waals surface area contributed by atoms with Crippen LogP contribution in [0.5, 0.6) is 5.75 Å². The minimum atomic E-state index is -0.260. The molecule has 1 aliphatic carbocycles. The largest absolute Gasteiger partial charge is 0.489 e. The average Bonchev–Trinajstić information content (AvgIpc) is 3.41. The molecule has 6 nitrogen and oxygen atoms in total. The Balaban J connectivity index is 1.72. The van der Waals surface area contributed by atoms with E-state index in [1.807, 2.05) is 43.3 Å². The Morgan fingerprint density at radius 2 is 1.88 bits per heavy atom. The Kier molecular flexibility index (Phi) is 3.87. The molecule has 0 spiro atoms. The van der Waals surface area contributed by atoms with Crippen molar-refractivity contribution in [1.29, 1.82) is 0 Å². The third kappa shape index (κ3) is 3.07. The molecule has 1 heterocycles. The highest BCUT2D eigenvalue weighted by Gasteiger charge is 2.28. The lowest BCUT2D eigenvalue weighted by molar-refractivity contribution is 0.304. The zero-order valence-electron chi connectivity index (χ0n) is 14.3. The Morgan fingerprint density at radius 1 is 1.12 bits per heavy atom. The Hall–Kier alpha value is -2.89. The molecule has 0 N–H and O–H groups in total. The number of ether oxygens (including phenoxy) is 1. The predicted octanol–water partition coefficient (Wildman–Crippen LogP) is 2.73. The van der Waals surface area contributed by atoms with E-state index in [2.05, 4.69) is 16.5 Å². The lowest BCUT2D eigenvalue weighted by atomic mass is 10.0. The zero-order chi connectivity index (χ0) is 17.4. The van der Waals surface area contributed by atoms with Crippen LogP contribution in [0, 0.1) is 6.92 Å². The highest BCUT2D eigenvalue weighted by molar-refractivity contribution is 5.48. The summed E-state index contributed by atoms with van der Waals surface area (Å²) in [7, 11) is 1.60. The fourth-order valence-corrected chi connectivity index (χ4v) is 2.98. The van der Waals surface area contributed by atoms with Gasteiger partial charge in [0, 0.05) is 12.6 Å². The summed E-state index contributed by atoms with van der Waals surface area (Å²) in [5, 5.41) is 7.82. The summed E-state index contributed by atoms with van der Waals surface area (Å²) >= 11 is 0. The highest BCUT2D eigenvalue weighted by atomic mass is 16.5. The van der Waals surface area contributed by atoms with Gasteiger partial charge in [0.05, 0.1) is 5.69 Å². The third-order valence-corrected chi connectivity index (χ3v) is 4.56. The van der Waals surface area contributed by atoms with Crippen LogP contribution in [0.2, 0.25) is 0 Å². The van der Waals surface area contributed by atoms with E-state index < -0.39 is 0 Å². The van der Waals surface area contributed by atoms with Crippen LogP contribution in [0.4, 0.5) is 0 Å². The first kappa shape index (κ1) is 15.6. The minimum absolute atomic E-state index is 0.260. The number of hydrogen-bond acceptors (Lipinski definition) is 4. The molecule has 3 aromatic rings. The van der Waals surface area contributed by atoms with E-state index in [0.717, 1.165) is 17.0 Å². The molecular formula is C19H20N4O2. The summed E-state index contributed by atoms with van der Waals surface area (Å²) in [6.45, 7) is 2.44. The second kappa shape index (κ2) is 6.20. The van der Waals surface area contributed by atoms with Crippen molar-refractivity contribution in [3.8, 4) is 11.4 Å². The maximum absolute atomic E-state index is 12.3. The molecule has 1 fully saturated rings. The zero-order valence-corrected chi connectivity index (χ0v) is 14.3. The highest BCUT2D eigenvalue weighted by Crippen LogP contribution is 2.43. The van der Waals surface area contributed by atoms with Crippen molar-refractivity contribution in [3.63, 3.8) is 0 Å². The summed E-state index contributed by atoms with van der Waals surface area (Å²) in [4.78, 5) is 12.3. The molecule has 1 saturated carbocycles. The van der Waals surface area contributed by atoms with E-state index in [9.17, 15) is 4.79 Å². The smallest absolute Gasteiger partial charge is 0.368 e. The molecule has 25 heavy (non-hydrogen) atoms. The van der Waals surface area contributed by atoms with Gasteiger partial charge in [-0.05, 0) is 59.9 Å². The van der Waals surface area contributed by atoms with Crippen LogP contribution in [-0.2, 0) is 13.7 Å². The van der Waals surface area contributed by atoms with E-state index in [1.165, 1.54) is 33.3 Å². The average molecular weight is 336 g/mol. The van der Waals surface area contributed by atoms with Crippen molar-refractivity contribution in [2.24, 2.45) is 7.05 Å². The van der Waals surface area contributed by atoms with Gasteiger partial charge in [0.15, 0.2) is 0 Å². The maximum atomic E-state index is 12.3. The van der Waals surface area contributed by atoms with Crippen molar-refractivity contribution >= 4 is 0 Å². The molecule has 0 aliphatic heterocycles. The van der Waals surface area contributed by atoms with Gasteiger partial charge < -0.3 is 4.74 Å². The third-order valence-electron chi connectivity index (χ3n) is 4.56. The van der Waals surface area contributed by atoms with E-state index in [0.29, 0.717) is 12.5 Å². The van der Waals surface area contributed by atoms with Gasteiger partial charge in [-0.3, -0.25) is 0 Å². The van der Waals surface area contributed by atoms with Crippen molar-refractivity contribution in [3.05, 3.63) is 69.6 Å². The summed E-state index contributed by atoms with van der Waals surface area (Å²) in [6.07, 6.45) is 2.35. The summed E-state index contributed by atoms with van der Waals surface area (Å²) in [6, 6.07) is 14.0. The topological polar surface area (TPSA) is 61.9 Å². The van der Waals surface area contributed by atoms with Gasteiger partial charge in [-0.15, -0.1) is 0 Å². The van der Waals surface area contributed by atoms with E-state index >= 15 is 0 Å². The van der Waals surface area contributed by atoms with Crippen LogP contribution < -0.4 is 10.4 Å². The number of nitrogens with zero attached hydrogens (tertiary/aromatic N) is 4. The van der Waals surface area contributed by atoms with Gasteiger partial charge in [0.25, 0.3) is 0 Å². The fraction of sp³-hybridized carbons (Fsp3) is 0.316. The summed E-state index contributed by atoms with van der Waals surface area (Å²) < 4.78 is 8.58. The van der Waals surface area contributed by atoms with Crippen LogP contribution in [0.1, 0.15) is 35.4 Å². The molecule has 2 aromatic carbocycles. The lowest BCUT2D eigenvalue weighted by Crippen LogP contribution is -2.23. The molecule has 0 amide bonds. The first-order valence-corrected chi connectivity index (χ1v) is 8.44. The SMILES string of the molecule is Cc1ccc(OCc2c(C3CC3)cccc2-n2nnn(C)c2=O)cc1. The van der Waals surface area contributed by atoms with Gasteiger partial charge in [-0.1, -0.05) is 29.8 Å². The molecule has 0 bridgehead atoms. The number of hydrogen-bond donors (Lipinski definition) is 0. The number of tetrazole rings is 1.